The first kappa shape index (κ1) is 25.3. The molecule has 0 unspecified atom stereocenters. The number of nitrogens with zero attached hydrogens (tertiary/aromatic N) is 3. The minimum Gasteiger partial charge on any atom is -0.478 e. The van der Waals surface area contributed by atoms with Gasteiger partial charge in [0.1, 0.15) is 22.7 Å². The van der Waals surface area contributed by atoms with Gasteiger partial charge in [-0.05, 0) is 79.6 Å². The Morgan fingerprint density at radius 2 is 1.88 bits per heavy atom. The smallest absolute Gasteiger partial charge is 0.335 e. The zero-order valence-electron chi connectivity index (χ0n) is 22.2. The molecule has 202 valence electrons. The number of rotatable bonds is 6. The number of aromatic carboxylic acids is 1. The van der Waals surface area contributed by atoms with Gasteiger partial charge < -0.3 is 20.2 Å². The maximum Gasteiger partial charge on any atom is 0.335 e. The predicted molar refractivity (Wildman–Crippen MR) is 147 cm³/mol. The lowest BCUT2D eigenvalue weighted by Gasteiger charge is -2.16. The second-order valence-corrected chi connectivity index (χ2v) is 10.1. The molecule has 0 saturated heterocycles. The molecule has 1 atom stereocenters. The van der Waals surface area contributed by atoms with Crippen LogP contribution in [0.3, 0.4) is 0 Å². The van der Waals surface area contributed by atoms with E-state index >= 15 is 0 Å². The van der Waals surface area contributed by atoms with Crippen molar-refractivity contribution in [2.45, 2.75) is 46.2 Å². The van der Waals surface area contributed by atoms with Crippen LogP contribution < -0.4 is 10.6 Å². The van der Waals surface area contributed by atoms with Gasteiger partial charge in [-0.2, -0.15) is 5.10 Å². The van der Waals surface area contributed by atoms with Gasteiger partial charge in [-0.3, -0.25) is 9.59 Å². The summed E-state index contributed by atoms with van der Waals surface area (Å²) in [6, 6.07) is 11.9. The summed E-state index contributed by atoms with van der Waals surface area (Å²) < 4.78 is 7.14. The second kappa shape index (κ2) is 9.64. The van der Waals surface area contributed by atoms with Crippen LogP contribution in [-0.4, -0.2) is 37.5 Å². The summed E-state index contributed by atoms with van der Waals surface area (Å²) in [6.45, 7) is 6.00. The average Bonchev–Trinajstić information content (AvgIpc) is 3.65. The molecule has 0 aliphatic heterocycles. The lowest BCUT2D eigenvalue weighted by molar-refractivity contribution is 0.0695. The number of nitrogens with one attached hydrogen (secondary N) is 2. The van der Waals surface area contributed by atoms with E-state index in [2.05, 4.69) is 20.7 Å². The Morgan fingerprint density at radius 1 is 1.05 bits per heavy atom. The summed E-state index contributed by atoms with van der Waals surface area (Å²) in [4.78, 5) is 42.5. The molecule has 0 fully saturated rings. The fourth-order valence-corrected chi connectivity index (χ4v) is 5.46. The number of carbonyl (C=O) groups excluding carboxylic acids is 2. The van der Waals surface area contributed by atoms with Gasteiger partial charge in [-0.15, -0.1) is 0 Å². The van der Waals surface area contributed by atoms with Crippen molar-refractivity contribution >= 4 is 34.4 Å². The van der Waals surface area contributed by atoms with Crippen LogP contribution in [0.4, 0.5) is 0 Å². The Hall–Kier alpha value is -4.99. The van der Waals surface area contributed by atoms with Crippen molar-refractivity contribution in [2.24, 2.45) is 0 Å². The first-order valence-electron chi connectivity index (χ1n) is 13.0. The van der Waals surface area contributed by atoms with Gasteiger partial charge in [0, 0.05) is 24.1 Å². The van der Waals surface area contributed by atoms with Crippen molar-refractivity contribution in [3.05, 3.63) is 99.2 Å². The molecule has 0 radical (unpaired) electrons. The quantitative estimate of drug-likeness (QED) is 0.291. The largest absolute Gasteiger partial charge is 0.478 e. The van der Waals surface area contributed by atoms with E-state index in [-0.39, 0.29) is 29.5 Å². The van der Waals surface area contributed by atoms with E-state index in [1.165, 1.54) is 16.8 Å². The number of amides is 2. The number of carboxylic acid groups (broad SMARTS) is 1. The molecule has 0 saturated carbocycles. The zero-order chi connectivity index (χ0) is 28.1. The Bertz CT molecular complexity index is 1850. The highest BCUT2D eigenvalue weighted by molar-refractivity contribution is 5.98. The van der Waals surface area contributed by atoms with Gasteiger partial charge in [0.2, 0.25) is 0 Å². The van der Waals surface area contributed by atoms with Gasteiger partial charge in [0.15, 0.2) is 5.65 Å². The molecule has 6 rings (SSSR count). The molecule has 3 aromatic heterocycles. The standard InChI is InChI=1S/C30H27N5O5/c1-15-17(3)40-26-9-4-18(12-22(15)26)14-31-28(36)24-13-25(35-27(33-24)10-11-32-35)29(37)34-23-8-7-19-16(2)20(30(38)39)5-6-21(19)23/h4-6,9-13,23H,7-8,14H2,1-3H3,(H,31,36)(H,34,37)(H,38,39)/t23-/m0/s1. The summed E-state index contributed by atoms with van der Waals surface area (Å²) in [5, 5.41) is 20.6. The normalized spacial score (nSPS) is 14.4. The molecule has 40 heavy (non-hydrogen) atoms. The molecule has 2 amide bonds. The van der Waals surface area contributed by atoms with E-state index in [1.807, 2.05) is 32.0 Å². The van der Waals surface area contributed by atoms with Gasteiger partial charge in [-0.25, -0.2) is 14.3 Å². The minimum atomic E-state index is -0.969. The summed E-state index contributed by atoms with van der Waals surface area (Å²) >= 11 is 0. The molecule has 10 nitrogen and oxygen atoms in total. The average molecular weight is 538 g/mol. The van der Waals surface area contributed by atoms with Gasteiger partial charge in [0.05, 0.1) is 17.8 Å². The maximum atomic E-state index is 13.5. The topological polar surface area (TPSA) is 139 Å². The fraction of sp³-hybridized carbons (Fsp3) is 0.233. The van der Waals surface area contributed by atoms with Crippen LogP contribution in [0.15, 0.2) is 53.1 Å². The van der Waals surface area contributed by atoms with Gasteiger partial charge >= 0.3 is 5.97 Å². The molecule has 3 N–H and O–H groups in total. The molecule has 0 spiro atoms. The number of fused-ring (bicyclic) bond motifs is 3. The van der Waals surface area contributed by atoms with Crippen molar-refractivity contribution in [3.8, 4) is 0 Å². The molecule has 2 aromatic carbocycles. The van der Waals surface area contributed by atoms with Crippen molar-refractivity contribution < 1.29 is 23.9 Å². The van der Waals surface area contributed by atoms with Crippen LogP contribution in [0.1, 0.15) is 77.4 Å². The van der Waals surface area contributed by atoms with Crippen LogP contribution in [0.2, 0.25) is 0 Å². The van der Waals surface area contributed by atoms with E-state index in [1.54, 1.807) is 25.1 Å². The second-order valence-electron chi connectivity index (χ2n) is 10.1. The number of aryl methyl sites for hydroxylation is 2. The number of aromatic nitrogens is 3. The number of furan rings is 1. The van der Waals surface area contributed by atoms with Gasteiger partial charge in [0.25, 0.3) is 11.8 Å². The molecule has 1 aliphatic carbocycles. The van der Waals surface area contributed by atoms with E-state index in [0.717, 1.165) is 44.5 Å². The maximum absolute atomic E-state index is 13.5. The van der Waals surface area contributed by atoms with E-state index in [9.17, 15) is 19.5 Å². The summed E-state index contributed by atoms with van der Waals surface area (Å²) in [7, 11) is 0. The van der Waals surface area contributed by atoms with E-state index < -0.39 is 17.8 Å². The minimum absolute atomic E-state index is 0.100. The third kappa shape index (κ3) is 4.27. The third-order valence-electron chi connectivity index (χ3n) is 7.75. The molecule has 10 heteroatoms. The Morgan fingerprint density at radius 3 is 2.67 bits per heavy atom. The molecular weight excluding hydrogens is 510 g/mol. The van der Waals surface area contributed by atoms with Crippen molar-refractivity contribution in [1.82, 2.24) is 25.2 Å². The lowest BCUT2D eigenvalue weighted by Crippen LogP contribution is -2.30. The number of benzene rings is 2. The fourth-order valence-electron chi connectivity index (χ4n) is 5.46. The summed E-state index contributed by atoms with van der Waals surface area (Å²) in [5.74, 6) is -0.926. The van der Waals surface area contributed by atoms with Crippen LogP contribution in [-0.2, 0) is 13.0 Å². The molecular formula is C30H27N5O5. The first-order valence-corrected chi connectivity index (χ1v) is 13.0. The summed E-state index contributed by atoms with van der Waals surface area (Å²) in [5.41, 5.74) is 6.27. The first-order chi connectivity index (χ1) is 19.2. The Labute approximate surface area is 229 Å². The monoisotopic (exact) mass is 537 g/mol. The molecule has 5 aromatic rings. The third-order valence-corrected chi connectivity index (χ3v) is 7.75. The number of hydrogen-bond acceptors (Lipinski definition) is 6. The number of hydrogen-bond donors (Lipinski definition) is 3. The molecule has 3 heterocycles. The van der Waals surface area contributed by atoms with Crippen LogP contribution in [0.25, 0.3) is 16.6 Å². The summed E-state index contributed by atoms with van der Waals surface area (Å²) in [6.07, 6.45) is 2.83. The SMILES string of the molecule is Cc1oc2ccc(CNC(=O)c3cc(C(=O)N[C@H]4CCc5c4ccc(C(=O)O)c5C)n4nccc4n3)cc2c1C. The van der Waals surface area contributed by atoms with Gasteiger partial charge in [-0.1, -0.05) is 12.1 Å². The Kier molecular flexibility index (Phi) is 6.10. The highest BCUT2D eigenvalue weighted by atomic mass is 16.4. The van der Waals surface area contributed by atoms with Crippen LogP contribution in [0, 0.1) is 20.8 Å². The number of carboxylic acids is 1. The van der Waals surface area contributed by atoms with E-state index in [4.69, 9.17) is 4.42 Å². The Balaban J connectivity index is 1.23. The zero-order valence-corrected chi connectivity index (χ0v) is 22.2. The highest BCUT2D eigenvalue weighted by Crippen LogP contribution is 2.35. The van der Waals surface area contributed by atoms with Crippen molar-refractivity contribution in [1.29, 1.82) is 0 Å². The number of carbonyl (C=O) groups is 3. The molecule has 1 aliphatic rings. The van der Waals surface area contributed by atoms with Crippen molar-refractivity contribution in [3.63, 3.8) is 0 Å². The lowest BCUT2D eigenvalue weighted by atomic mass is 9.98. The van der Waals surface area contributed by atoms with Crippen LogP contribution in [0.5, 0.6) is 0 Å². The predicted octanol–water partition coefficient (Wildman–Crippen LogP) is 4.45. The van der Waals surface area contributed by atoms with E-state index in [0.29, 0.717) is 18.5 Å². The van der Waals surface area contributed by atoms with Crippen LogP contribution >= 0.6 is 0 Å². The van der Waals surface area contributed by atoms with Crippen molar-refractivity contribution in [2.75, 3.05) is 0 Å². The molecule has 0 bridgehead atoms. The highest BCUT2D eigenvalue weighted by Gasteiger charge is 2.29.